The van der Waals surface area contributed by atoms with Gasteiger partial charge in [0.05, 0.1) is 4.90 Å². The summed E-state index contributed by atoms with van der Waals surface area (Å²) in [4.78, 5) is 0.0860. The third-order valence-electron chi connectivity index (χ3n) is 3.01. The molecule has 0 atom stereocenters. The maximum atomic E-state index is 11.1. The van der Waals surface area contributed by atoms with E-state index < -0.39 is 10.0 Å². The molecule has 1 rings (SSSR count). The third-order valence-corrected chi connectivity index (χ3v) is 4.18. The standard InChI is InChI=1S/C14H23N3O2S2/c1-2-3-4-5-6-11-16-14(20)17-12-7-9-13(10-8-12)21(15,18)19/h7-10H,2-6,11H2,1H3,(H2,15,18,19)(H2,16,17,20). The van der Waals surface area contributed by atoms with Crippen molar-refractivity contribution >= 4 is 33.0 Å². The zero-order valence-electron chi connectivity index (χ0n) is 12.3. The van der Waals surface area contributed by atoms with Crippen LogP contribution in [0.1, 0.15) is 39.0 Å². The molecular formula is C14H23N3O2S2. The molecule has 0 saturated heterocycles. The molecule has 1 aromatic rings. The number of hydrogen-bond donors (Lipinski definition) is 3. The molecule has 0 radical (unpaired) electrons. The number of anilines is 1. The monoisotopic (exact) mass is 329 g/mol. The molecule has 0 unspecified atom stereocenters. The average Bonchev–Trinajstić information content (AvgIpc) is 2.42. The molecule has 4 N–H and O–H groups in total. The number of nitrogens with two attached hydrogens (primary N) is 1. The van der Waals surface area contributed by atoms with Crippen molar-refractivity contribution in [2.24, 2.45) is 5.14 Å². The van der Waals surface area contributed by atoms with Gasteiger partial charge in [0.15, 0.2) is 5.11 Å². The zero-order chi connectivity index (χ0) is 15.7. The molecule has 118 valence electrons. The van der Waals surface area contributed by atoms with Crippen molar-refractivity contribution in [3.05, 3.63) is 24.3 Å². The lowest BCUT2D eigenvalue weighted by Gasteiger charge is -2.10. The Morgan fingerprint density at radius 2 is 1.76 bits per heavy atom. The van der Waals surface area contributed by atoms with Crippen LogP contribution in [0, 0.1) is 0 Å². The molecule has 0 aliphatic rings. The summed E-state index contributed by atoms with van der Waals surface area (Å²) in [7, 11) is -3.65. The fourth-order valence-corrected chi connectivity index (χ4v) is 2.57. The van der Waals surface area contributed by atoms with Gasteiger partial charge in [-0.1, -0.05) is 32.6 Å². The SMILES string of the molecule is CCCCCCCNC(=S)Nc1ccc(S(N)(=O)=O)cc1. The maximum Gasteiger partial charge on any atom is 0.238 e. The van der Waals surface area contributed by atoms with E-state index in [-0.39, 0.29) is 4.90 Å². The second-order valence-electron chi connectivity index (χ2n) is 4.86. The van der Waals surface area contributed by atoms with E-state index in [1.54, 1.807) is 12.1 Å². The first-order valence-electron chi connectivity index (χ1n) is 7.11. The van der Waals surface area contributed by atoms with Gasteiger partial charge in [-0.05, 0) is 42.9 Å². The fraction of sp³-hybridized carbons (Fsp3) is 0.500. The lowest BCUT2D eigenvalue weighted by atomic mass is 10.1. The van der Waals surface area contributed by atoms with Crippen LogP contribution >= 0.6 is 12.2 Å². The van der Waals surface area contributed by atoms with Crippen LogP contribution in [0.4, 0.5) is 5.69 Å². The number of thiocarbonyl (C=S) groups is 1. The van der Waals surface area contributed by atoms with Crippen LogP contribution in [0.25, 0.3) is 0 Å². The third kappa shape index (κ3) is 7.40. The highest BCUT2D eigenvalue weighted by atomic mass is 32.2. The molecule has 0 bridgehead atoms. The van der Waals surface area contributed by atoms with E-state index in [1.165, 1.54) is 37.8 Å². The second-order valence-corrected chi connectivity index (χ2v) is 6.83. The number of primary sulfonamides is 1. The van der Waals surface area contributed by atoms with Crippen LogP contribution in [0.2, 0.25) is 0 Å². The van der Waals surface area contributed by atoms with Crippen LogP contribution in [-0.4, -0.2) is 20.1 Å². The Kier molecular flexibility index (Phi) is 7.63. The number of unbranched alkanes of at least 4 members (excludes halogenated alkanes) is 4. The molecule has 0 fully saturated rings. The summed E-state index contributed by atoms with van der Waals surface area (Å²) < 4.78 is 22.3. The van der Waals surface area contributed by atoms with E-state index in [9.17, 15) is 8.42 Å². The summed E-state index contributed by atoms with van der Waals surface area (Å²) in [6.45, 7) is 3.03. The van der Waals surface area contributed by atoms with Crippen molar-refractivity contribution in [2.45, 2.75) is 43.9 Å². The highest BCUT2D eigenvalue weighted by Gasteiger charge is 2.06. The molecule has 0 aromatic heterocycles. The first-order valence-corrected chi connectivity index (χ1v) is 9.06. The average molecular weight is 329 g/mol. The van der Waals surface area contributed by atoms with E-state index in [0.29, 0.717) is 5.11 Å². The van der Waals surface area contributed by atoms with E-state index in [4.69, 9.17) is 17.4 Å². The number of rotatable bonds is 8. The Hall–Kier alpha value is -1.18. The first-order chi connectivity index (χ1) is 9.93. The molecule has 1 aromatic carbocycles. The summed E-state index contributed by atoms with van der Waals surface area (Å²) in [6, 6.07) is 6.17. The van der Waals surface area contributed by atoms with Gasteiger partial charge < -0.3 is 10.6 Å². The highest BCUT2D eigenvalue weighted by Crippen LogP contribution is 2.12. The van der Waals surface area contributed by atoms with E-state index >= 15 is 0 Å². The lowest BCUT2D eigenvalue weighted by molar-refractivity contribution is 0.598. The first kappa shape index (κ1) is 17.9. The Morgan fingerprint density at radius 3 is 2.33 bits per heavy atom. The van der Waals surface area contributed by atoms with Crippen LogP contribution in [-0.2, 0) is 10.0 Å². The molecule has 0 heterocycles. The predicted octanol–water partition coefficient (Wildman–Crippen LogP) is 2.59. The predicted molar refractivity (Wildman–Crippen MR) is 90.8 cm³/mol. The Morgan fingerprint density at radius 1 is 1.14 bits per heavy atom. The molecule has 0 saturated carbocycles. The molecule has 7 heteroatoms. The van der Waals surface area contributed by atoms with Gasteiger partial charge in [-0.2, -0.15) is 0 Å². The fourth-order valence-electron chi connectivity index (χ4n) is 1.83. The summed E-state index contributed by atoms with van der Waals surface area (Å²) in [5.74, 6) is 0. The summed E-state index contributed by atoms with van der Waals surface area (Å²) >= 11 is 5.18. The molecule has 5 nitrogen and oxygen atoms in total. The smallest absolute Gasteiger partial charge is 0.238 e. The van der Waals surface area contributed by atoms with Crippen molar-refractivity contribution in [1.29, 1.82) is 0 Å². The number of benzene rings is 1. The van der Waals surface area contributed by atoms with Crippen molar-refractivity contribution < 1.29 is 8.42 Å². The largest absolute Gasteiger partial charge is 0.362 e. The number of sulfonamides is 1. The minimum atomic E-state index is -3.65. The Bertz CT molecular complexity index is 542. The molecule has 21 heavy (non-hydrogen) atoms. The van der Waals surface area contributed by atoms with Gasteiger partial charge in [0.1, 0.15) is 0 Å². The molecule has 0 aliphatic heterocycles. The van der Waals surface area contributed by atoms with Gasteiger partial charge in [0.25, 0.3) is 0 Å². The molecule has 0 amide bonds. The van der Waals surface area contributed by atoms with Crippen LogP contribution in [0.3, 0.4) is 0 Å². The summed E-state index contributed by atoms with van der Waals surface area (Å²) in [5.41, 5.74) is 0.728. The van der Waals surface area contributed by atoms with Gasteiger partial charge in [0.2, 0.25) is 10.0 Å². The van der Waals surface area contributed by atoms with Crippen molar-refractivity contribution in [3.8, 4) is 0 Å². The van der Waals surface area contributed by atoms with Gasteiger partial charge in [-0.3, -0.25) is 0 Å². The minimum absolute atomic E-state index is 0.0860. The van der Waals surface area contributed by atoms with Crippen LogP contribution in [0.5, 0.6) is 0 Å². The highest BCUT2D eigenvalue weighted by molar-refractivity contribution is 7.89. The van der Waals surface area contributed by atoms with Crippen molar-refractivity contribution in [2.75, 3.05) is 11.9 Å². The summed E-state index contributed by atoms with van der Waals surface area (Å²) in [5, 5.41) is 11.7. The van der Waals surface area contributed by atoms with E-state index in [1.807, 2.05) is 0 Å². The molecule has 0 aliphatic carbocycles. The molecular weight excluding hydrogens is 306 g/mol. The van der Waals surface area contributed by atoms with Gasteiger partial charge in [0, 0.05) is 12.2 Å². The van der Waals surface area contributed by atoms with Crippen molar-refractivity contribution in [1.82, 2.24) is 5.32 Å². The normalized spacial score (nSPS) is 11.1. The Labute approximate surface area is 132 Å². The quantitative estimate of drug-likeness (QED) is 0.504. The second kappa shape index (κ2) is 8.96. The van der Waals surface area contributed by atoms with Crippen LogP contribution in [0.15, 0.2) is 29.2 Å². The van der Waals surface area contributed by atoms with Crippen LogP contribution < -0.4 is 15.8 Å². The van der Waals surface area contributed by atoms with Gasteiger partial charge >= 0.3 is 0 Å². The van der Waals surface area contributed by atoms with E-state index in [0.717, 1.165) is 18.7 Å². The van der Waals surface area contributed by atoms with Crippen molar-refractivity contribution in [3.63, 3.8) is 0 Å². The number of hydrogen-bond acceptors (Lipinski definition) is 3. The van der Waals surface area contributed by atoms with Gasteiger partial charge in [-0.15, -0.1) is 0 Å². The molecule has 0 spiro atoms. The topological polar surface area (TPSA) is 84.2 Å². The Balaban J connectivity index is 2.31. The number of nitrogens with one attached hydrogen (secondary N) is 2. The minimum Gasteiger partial charge on any atom is -0.362 e. The zero-order valence-corrected chi connectivity index (χ0v) is 13.9. The van der Waals surface area contributed by atoms with E-state index in [2.05, 4.69) is 17.6 Å². The lowest BCUT2D eigenvalue weighted by Crippen LogP contribution is -2.29. The maximum absolute atomic E-state index is 11.1. The summed E-state index contributed by atoms with van der Waals surface area (Å²) in [6.07, 6.45) is 6.06. The van der Waals surface area contributed by atoms with Gasteiger partial charge in [-0.25, -0.2) is 13.6 Å².